The molecule has 0 saturated heterocycles. The van der Waals surface area contributed by atoms with Gasteiger partial charge in [-0.15, -0.1) is 0 Å². The summed E-state index contributed by atoms with van der Waals surface area (Å²) < 4.78 is 0. The van der Waals surface area contributed by atoms with Crippen LogP contribution in [0.5, 0.6) is 0 Å². The largest absolute Gasteiger partial charge is 0.393 e. The van der Waals surface area contributed by atoms with E-state index in [0.717, 1.165) is 18.8 Å². The number of rotatable bonds is 4. The second kappa shape index (κ2) is 6.22. The van der Waals surface area contributed by atoms with Crippen molar-refractivity contribution < 1.29 is 5.11 Å². The average molecular weight is 238 g/mol. The smallest absolute Gasteiger partial charge is 0.0540 e. The van der Waals surface area contributed by atoms with E-state index in [9.17, 15) is 5.11 Å². The maximum absolute atomic E-state index is 9.62. The Hall–Kier alpha value is -0.0400. The summed E-state index contributed by atoms with van der Waals surface area (Å²) in [6, 6.07) is 0. The SMILES string of the molecule is CCCCCC1CCC2(CCC(O)CC2)CC1. The van der Waals surface area contributed by atoms with E-state index in [2.05, 4.69) is 6.92 Å². The van der Waals surface area contributed by atoms with Gasteiger partial charge in [0, 0.05) is 0 Å². The Bertz CT molecular complexity index is 206. The van der Waals surface area contributed by atoms with Crippen molar-refractivity contribution in [2.75, 3.05) is 0 Å². The van der Waals surface area contributed by atoms with Gasteiger partial charge in [-0.05, 0) is 62.7 Å². The summed E-state index contributed by atoms with van der Waals surface area (Å²) >= 11 is 0. The lowest BCUT2D eigenvalue weighted by atomic mass is 9.62. The van der Waals surface area contributed by atoms with Gasteiger partial charge in [-0.1, -0.05) is 32.6 Å². The van der Waals surface area contributed by atoms with Gasteiger partial charge in [0.25, 0.3) is 0 Å². The molecule has 0 bridgehead atoms. The van der Waals surface area contributed by atoms with Crippen LogP contribution in [0.4, 0.5) is 0 Å². The average Bonchev–Trinajstić information content (AvgIpc) is 2.36. The fraction of sp³-hybridized carbons (Fsp3) is 1.00. The second-order valence-electron chi connectivity index (χ2n) is 6.67. The van der Waals surface area contributed by atoms with Gasteiger partial charge in [0.15, 0.2) is 0 Å². The highest BCUT2D eigenvalue weighted by molar-refractivity contribution is 4.89. The summed E-state index contributed by atoms with van der Waals surface area (Å²) in [5, 5.41) is 9.62. The van der Waals surface area contributed by atoms with Gasteiger partial charge in [0.1, 0.15) is 0 Å². The third-order valence-corrected chi connectivity index (χ3v) is 5.40. The molecule has 100 valence electrons. The molecule has 2 aliphatic rings. The molecule has 0 unspecified atom stereocenters. The van der Waals surface area contributed by atoms with Crippen molar-refractivity contribution in [2.45, 2.75) is 90.1 Å². The highest BCUT2D eigenvalue weighted by atomic mass is 16.3. The molecule has 0 atom stereocenters. The molecule has 2 rings (SSSR count). The van der Waals surface area contributed by atoms with Crippen LogP contribution in [0, 0.1) is 11.3 Å². The lowest BCUT2D eigenvalue weighted by Gasteiger charge is -2.44. The van der Waals surface area contributed by atoms with E-state index >= 15 is 0 Å². The third kappa shape index (κ3) is 3.71. The first kappa shape index (κ1) is 13.4. The first-order chi connectivity index (χ1) is 8.24. The summed E-state index contributed by atoms with van der Waals surface area (Å²) in [6.45, 7) is 2.29. The number of aliphatic hydroxyl groups is 1. The van der Waals surface area contributed by atoms with Gasteiger partial charge in [-0.2, -0.15) is 0 Å². The second-order valence-corrected chi connectivity index (χ2v) is 6.67. The molecule has 2 aliphatic carbocycles. The maximum Gasteiger partial charge on any atom is 0.0540 e. The van der Waals surface area contributed by atoms with E-state index in [0.29, 0.717) is 5.41 Å². The Morgan fingerprint density at radius 2 is 1.53 bits per heavy atom. The van der Waals surface area contributed by atoms with Crippen LogP contribution in [0.15, 0.2) is 0 Å². The van der Waals surface area contributed by atoms with Crippen LogP contribution in [0.1, 0.15) is 84.0 Å². The zero-order chi connectivity index (χ0) is 12.1. The van der Waals surface area contributed by atoms with Gasteiger partial charge in [0.05, 0.1) is 6.10 Å². The molecule has 1 N–H and O–H groups in total. The molecule has 0 aromatic rings. The minimum atomic E-state index is 0.0166. The fourth-order valence-electron chi connectivity index (χ4n) is 3.98. The topological polar surface area (TPSA) is 20.2 Å². The number of hydrogen-bond acceptors (Lipinski definition) is 1. The summed E-state index contributed by atoms with van der Waals surface area (Å²) in [4.78, 5) is 0. The van der Waals surface area contributed by atoms with Crippen LogP contribution < -0.4 is 0 Å². The van der Waals surface area contributed by atoms with Crippen molar-refractivity contribution in [1.82, 2.24) is 0 Å². The van der Waals surface area contributed by atoms with Gasteiger partial charge >= 0.3 is 0 Å². The fourth-order valence-corrected chi connectivity index (χ4v) is 3.98. The standard InChI is InChI=1S/C16H30O/c1-2-3-4-5-14-6-10-16(11-7-14)12-8-15(17)9-13-16/h14-15,17H,2-13H2,1H3. The van der Waals surface area contributed by atoms with Gasteiger partial charge < -0.3 is 5.11 Å². The number of unbranched alkanes of at least 4 members (excludes halogenated alkanes) is 2. The van der Waals surface area contributed by atoms with Crippen LogP contribution in [0.25, 0.3) is 0 Å². The van der Waals surface area contributed by atoms with Crippen LogP contribution in [0.3, 0.4) is 0 Å². The van der Waals surface area contributed by atoms with Crippen LogP contribution >= 0.6 is 0 Å². The highest BCUT2D eigenvalue weighted by Gasteiger charge is 2.37. The maximum atomic E-state index is 9.62. The van der Waals surface area contributed by atoms with Crippen LogP contribution in [-0.4, -0.2) is 11.2 Å². The van der Waals surface area contributed by atoms with Crippen molar-refractivity contribution >= 4 is 0 Å². The lowest BCUT2D eigenvalue weighted by Crippen LogP contribution is -2.33. The molecule has 2 saturated carbocycles. The zero-order valence-corrected chi connectivity index (χ0v) is 11.6. The zero-order valence-electron chi connectivity index (χ0n) is 11.6. The Balaban J connectivity index is 1.70. The van der Waals surface area contributed by atoms with E-state index in [1.54, 1.807) is 0 Å². The minimum Gasteiger partial charge on any atom is -0.393 e. The molecule has 0 amide bonds. The third-order valence-electron chi connectivity index (χ3n) is 5.40. The van der Waals surface area contributed by atoms with Crippen LogP contribution in [-0.2, 0) is 0 Å². The molecule has 0 aromatic heterocycles. The lowest BCUT2D eigenvalue weighted by molar-refractivity contribution is 0.0280. The van der Waals surface area contributed by atoms with Crippen molar-refractivity contribution in [2.24, 2.45) is 11.3 Å². The minimum absolute atomic E-state index is 0.0166. The monoisotopic (exact) mass is 238 g/mol. The van der Waals surface area contributed by atoms with E-state index in [1.807, 2.05) is 0 Å². The number of aliphatic hydroxyl groups excluding tert-OH is 1. The Morgan fingerprint density at radius 3 is 2.12 bits per heavy atom. The Morgan fingerprint density at radius 1 is 0.941 bits per heavy atom. The molecule has 17 heavy (non-hydrogen) atoms. The Kier molecular flexibility index (Phi) is 4.90. The predicted octanol–water partition coefficient (Wildman–Crippen LogP) is 4.68. The first-order valence-electron chi connectivity index (χ1n) is 7.92. The quantitative estimate of drug-likeness (QED) is 0.705. The molecule has 1 spiro atoms. The first-order valence-corrected chi connectivity index (χ1v) is 7.92. The molecular weight excluding hydrogens is 208 g/mol. The number of hydrogen-bond donors (Lipinski definition) is 1. The van der Waals surface area contributed by atoms with Gasteiger partial charge in [-0.25, -0.2) is 0 Å². The van der Waals surface area contributed by atoms with Crippen LogP contribution in [0.2, 0.25) is 0 Å². The van der Waals surface area contributed by atoms with Gasteiger partial charge in [0.2, 0.25) is 0 Å². The van der Waals surface area contributed by atoms with Crippen molar-refractivity contribution in [3.63, 3.8) is 0 Å². The molecule has 0 radical (unpaired) electrons. The summed E-state index contributed by atoms with van der Waals surface area (Å²) in [7, 11) is 0. The van der Waals surface area contributed by atoms with E-state index in [1.165, 1.54) is 64.2 Å². The molecule has 0 heterocycles. The van der Waals surface area contributed by atoms with E-state index in [-0.39, 0.29) is 6.10 Å². The van der Waals surface area contributed by atoms with Crippen molar-refractivity contribution in [3.8, 4) is 0 Å². The highest BCUT2D eigenvalue weighted by Crippen LogP contribution is 2.49. The van der Waals surface area contributed by atoms with Crippen molar-refractivity contribution in [1.29, 1.82) is 0 Å². The summed E-state index contributed by atoms with van der Waals surface area (Å²) in [6.07, 6.45) is 16.3. The van der Waals surface area contributed by atoms with E-state index in [4.69, 9.17) is 0 Å². The molecule has 0 aromatic carbocycles. The normalized spacial score (nSPS) is 38.5. The summed E-state index contributed by atoms with van der Waals surface area (Å²) in [5.41, 5.74) is 0.653. The molecule has 1 heteroatoms. The Labute approximate surface area is 107 Å². The van der Waals surface area contributed by atoms with Crippen molar-refractivity contribution in [3.05, 3.63) is 0 Å². The predicted molar refractivity (Wildman–Crippen MR) is 73.0 cm³/mol. The molecule has 0 aliphatic heterocycles. The molecular formula is C16H30O. The molecule has 2 fully saturated rings. The van der Waals surface area contributed by atoms with E-state index < -0.39 is 0 Å². The van der Waals surface area contributed by atoms with Gasteiger partial charge in [-0.3, -0.25) is 0 Å². The summed E-state index contributed by atoms with van der Waals surface area (Å²) in [5.74, 6) is 1.03. The molecule has 1 nitrogen and oxygen atoms in total.